The molecule has 1 aliphatic rings. The number of aryl methyl sites for hydroxylation is 1. The molecule has 2 amide bonds. The van der Waals surface area contributed by atoms with Gasteiger partial charge in [0.1, 0.15) is 17.3 Å². The minimum Gasteiger partial charge on any atom is -0.426 e. The van der Waals surface area contributed by atoms with Crippen molar-refractivity contribution in [1.29, 1.82) is 0 Å². The first-order chi connectivity index (χ1) is 22.1. The van der Waals surface area contributed by atoms with Crippen LogP contribution in [0.5, 0.6) is 0 Å². The maximum Gasteiger partial charge on any atom is 0.438 e. The Bertz CT molecular complexity index is 1770. The topological polar surface area (TPSA) is 150 Å². The first-order valence-corrected chi connectivity index (χ1v) is 14.9. The Morgan fingerprint density at radius 3 is 2.50 bits per heavy atom. The number of rotatable bonds is 11. The number of carbonyl (C=O) groups is 3. The quantitative estimate of drug-likeness (QED) is 0.0866. The number of anilines is 1. The van der Waals surface area contributed by atoms with Crippen LogP contribution in [0.4, 0.5) is 14.9 Å². The second-order valence-electron chi connectivity index (χ2n) is 11.1. The average molecular weight is 627 g/mol. The third kappa shape index (κ3) is 8.21. The van der Waals surface area contributed by atoms with E-state index in [1.807, 2.05) is 30.3 Å². The largest absolute Gasteiger partial charge is 0.438 e. The summed E-state index contributed by atoms with van der Waals surface area (Å²) in [6.45, 7) is 5.13. The molecule has 1 aliphatic carbocycles. The molecule has 11 nitrogen and oxygen atoms in total. The number of hydrogen-bond acceptors (Lipinski definition) is 7. The molecule has 46 heavy (non-hydrogen) atoms. The van der Waals surface area contributed by atoms with Crippen LogP contribution in [0.25, 0.3) is 5.69 Å². The molecule has 238 valence electrons. The average Bonchev–Trinajstić information content (AvgIpc) is 3.76. The van der Waals surface area contributed by atoms with Crippen LogP contribution in [0.3, 0.4) is 0 Å². The van der Waals surface area contributed by atoms with E-state index in [1.165, 1.54) is 37.4 Å². The van der Waals surface area contributed by atoms with Crippen molar-refractivity contribution in [2.24, 2.45) is 16.6 Å². The van der Waals surface area contributed by atoms with Gasteiger partial charge in [-0.05, 0) is 73.7 Å². The maximum atomic E-state index is 15.1. The second kappa shape index (κ2) is 14.2. The number of aromatic nitrogens is 2. The molecule has 0 saturated heterocycles. The van der Waals surface area contributed by atoms with Crippen LogP contribution < -0.4 is 16.4 Å². The number of amides is 2. The Kier molecular flexibility index (Phi) is 9.87. The molecule has 0 spiro atoms. The van der Waals surface area contributed by atoms with Gasteiger partial charge in [0.2, 0.25) is 6.29 Å². The van der Waals surface area contributed by atoms with Crippen molar-refractivity contribution >= 4 is 29.5 Å². The highest BCUT2D eigenvalue weighted by Gasteiger charge is 2.24. The Balaban J connectivity index is 1.37. The molecule has 1 saturated carbocycles. The van der Waals surface area contributed by atoms with Crippen molar-refractivity contribution in [2.45, 2.75) is 45.9 Å². The zero-order valence-corrected chi connectivity index (χ0v) is 25.7. The fourth-order valence-electron chi connectivity index (χ4n) is 4.93. The molecule has 4 aromatic rings. The van der Waals surface area contributed by atoms with Gasteiger partial charge in [0.15, 0.2) is 0 Å². The highest BCUT2D eigenvalue weighted by Crippen LogP contribution is 2.31. The number of carbonyl (C=O) groups excluding carboxylic acids is 3. The van der Waals surface area contributed by atoms with Crippen molar-refractivity contribution < 1.29 is 28.2 Å². The summed E-state index contributed by atoms with van der Waals surface area (Å²) in [5, 5.41) is 10.8. The highest BCUT2D eigenvalue weighted by atomic mass is 19.1. The molecule has 3 aromatic carbocycles. The Labute approximate surface area is 265 Å². The Morgan fingerprint density at radius 2 is 1.78 bits per heavy atom. The second-order valence-corrected chi connectivity index (χ2v) is 11.1. The normalized spacial score (nSPS) is 14.3. The zero-order chi connectivity index (χ0) is 32.8. The standard InChI is InChI=1S/C34H35FN6O5/c1-20-16-30(41(40-20)27-11-7-10-26(17-27)32(36)39-34(44)46-22(3)45-21(2)42)33(43)38-29-18-25(14-15-28(29)35)31(37-19-23-12-13-23)24-8-5-4-6-9-24/h4-11,14-18,22-23,31,37H,12-13,19H2,1-3H3,(H,38,43)(H2,36,39,44). The lowest BCUT2D eigenvalue weighted by atomic mass is 9.97. The van der Waals surface area contributed by atoms with Gasteiger partial charge in [-0.1, -0.05) is 48.5 Å². The number of aliphatic imine (C=N–C) groups is 1. The van der Waals surface area contributed by atoms with Gasteiger partial charge in [0.25, 0.3) is 5.91 Å². The summed E-state index contributed by atoms with van der Waals surface area (Å²) in [6.07, 6.45) is 0.193. The van der Waals surface area contributed by atoms with Gasteiger partial charge in [0.05, 0.1) is 23.1 Å². The zero-order valence-electron chi connectivity index (χ0n) is 25.7. The molecular weight excluding hydrogens is 591 g/mol. The number of amidine groups is 1. The summed E-state index contributed by atoms with van der Waals surface area (Å²) in [5.41, 5.74) is 9.42. The summed E-state index contributed by atoms with van der Waals surface area (Å²) in [4.78, 5) is 40.5. The Hall–Kier alpha value is -5.36. The molecule has 1 heterocycles. The van der Waals surface area contributed by atoms with Crippen LogP contribution in [0.2, 0.25) is 0 Å². The predicted molar refractivity (Wildman–Crippen MR) is 170 cm³/mol. The SMILES string of the molecule is CC(=O)OC(C)OC(=O)N=C(N)c1cccc(-n2nc(C)cc2C(=O)Nc2cc(C(NCC3CC3)c3ccccc3)ccc2F)c1. The van der Waals surface area contributed by atoms with E-state index in [-0.39, 0.29) is 23.3 Å². The van der Waals surface area contributed by atoms with Gasteiger partial charge in [0, 0.05) is 19.4 Å². The third-order valence-corrected chi connectivity index (χ3v) is 7.27. The number of benzene rings is 3. The number of ether oxygens (including phenoxy) is 2. The number of esters is 1. The Morgan fingerprint density at radius 1 is 1.02 bits per heavy atom. The number of halogens is 1. The van der Waals surface area contributed by atoms with Gasteiger partial charge in [-0.2, -0.15) is 10.1 Å². The molecule has 1 fully saturated rings. The fourth-order valence-corrected chi connectivity index (χ4v) is 4.93. The van der Waals surface area contributed by atoms with E-state index < -0.39 is 30.1 Å². The van der Waals surface area contributed by atoms with Gasteiger partial charge in [-0.3, -0.25) is 9.59 Å². The predicted octanol–water partition coefficient (Wildman–Crippen LogP) is 5.41. The van der Waals surface area contributed by atoms with Crippen LogP contribution >= 0.6 is 0 Å². The molecule has 2 atom stereocenters. The minimum atomic E-state index is -1.14. The van der Waals surface area contributed by atoms with Gasteiger partial charge >= 0.3 is 12.1 Å². The number of nitrogens with zero attached hydrogens (tertiary/aromatic N) is 3. The number of hydrogen-bond donors (Lipinski definition) is 3. The molecule has 0 bridgehead atoms. The molecule has 4 N–H and O–H groups in total. The molecule has 1 aromatic heterocycles. The van der Waals surface area contributed by atoms with Crippen molar-refractivity contribution in [3.05, 3.63) is 113 Å². The lowest BCUT2D eigenvalue weighted by Crippen LogP contribution is -2.25. The summed E-state index contributed by atoms with van der Waals surface area (Å²) in [6, 6.07) is 22.6. The summed E-state index contributed by atoms with van der Waals surface area (Å²) >= 11 is 0. The summed E-state index contributed by atoms with van der Waals surface area (Å²) in [5.74, 6) is -1.30. The van der Waals surface area contributed by atoms with E-state index in [0.29, 0.717) is 22.9 Å². The number of nitrogens with one attached hydrogen (secondary N) is 2. The molecule has 5 rings (SSSR count). The van der Waals surface area contributed by atoms with E-state index in [0.717, 1.165) is 17.7 Å². The van der Waals surface area contributed by atoms with Crippen molar-refractivity contribution in [3.63, 3.8) is 0 Å². The van der Waals surface area contributed by atoms with E-state index in [9.17, 15) is 14.4 Å². The molecule has 2 unspecified atom stereocenters. The van der Waals surface area contributed by atoms with E-state index in [1.54, 1.807) is 49.4 Å². The van der Waals surface area contributed by atoms with Crippen LogP contribution in [-0.2, 0) is 14.3 Å². The summed E-state index contributed by atoms with van der Waals surface area (Å²) < 4.78 is 26.2. The molecular formula is C34H35FN6O5. The molecule has 0 radical (unpaired) electrons. The van der Waals surface area contributed by atoms with E-state index >= 15 is 4.39 Å². The fraction of sp³-hybridized carbons (Fsp3) is 0.265. The van der Waals surface area contributed by atoms with Crippen LogP contribution in [0, 0.1) is 18.7 Å². The number of nitrogens with two attached hydrogens (primary N) is 1. The van der Waals surface area contributed by atoms with Gasteiger partial charge < -0.3 is 25.8 Å². The lowest BCUT2D eigenvalue weighted by Gasteiger charge is -2.21. The third-order valence-electron chi connectivity index (χ3n) is 7.27. The molecule has 0 aliphatic heterocycles. The first-order valence-electron chi connectivity index (χ1n) is 14.9. The summed E-state index contributed by atoms with van der Waals surface area (Å²) in [7, 11) is 0. The maximum absolute atomic E-state index is 15.1. The van der Waals surface area contributed by atoms with Crippen molar-refractivity contribution in [3.8, 4) is 5.69 Å². The monoisotopic (exact) mass is 626 g/mol. The van der Waals surface area contributed by atoms with E-state index in [4.69, 9.17) is 15.2 Å². The highest BCUT2D eigenvalue weighted by molar-refractivity contribution is 6.04. The van der Waals surface area contributed by atoms with Gasteiger partial charge in [-0.15, -0.1) is 0 Å². The van der Waals surface area contributed by atoms with Crippen molar-refractivity contribution in [1.82, 2.24) is 15.1 Å². The lowest BCUT2D eigenvalue weighted by molar-refractivity contribution is -0.161. The van der Waals surface area contributed by atoms with Crippen LogP contribution in [-0.4, -0.2) is 46.4 Å². The van der Waals surface area contributed by atoms with Gasteiger partial charge in [-0.25, -0.2) is 13.9 Å². The van der Waals surface area contributed by atoms with E-state index in [2.05, 4.69) is 20.7 Å². The smallest absolute Gasteiger partial charge is 0.426 e. The van der Waals surface area contributed by atoms with Crippen molar-refractivity contribution in [2.75, 3.05) is 11.9 Å². The molecule has 12 heteroatoms. The minimum absolute atomic E-state index is 0.0358. The van der Waals surface area contributed by atoms with Crippen LogP contribution in [0.15, 0.2) is 83.9 Å². The van der Waals surface area contributed by atoms with Crippen LogP contribution in [0.1, 0.15) is 65.6 Å². The first kappa shape index (κ1) is 32.0.